The van der Waals surface area contributed by atoms with E-state index in [4.69, 9.17) is 23.7 Å². The molecule has 16 heteroatoms. The van der Waals surface area contributed by atoms with Gasteiger partial charge in [0.15, 0.2) is 0 Å². The lowest BCUT2D eigenvalue weighted by Crippen LogP contribution is -2.33. The number of nitrogens with one attached hydrogen (secondary N) is 1. The molecule has 0 aromatic heterocycles. The Morgan fingerprint density at radius 1 is 0.714 bits per heavy atom. The Bertz CT molecular complexity index is 1840. The Hall–Kier alpha value is -3.20. The fraction of sp³-hybridized carbons (Fsp3) is 0.364. The van der Waals surface area contributed by atoms with Gasteiger partial charge in [-0.25, -0.2) is 8.42 Å². The van der Waals surface area contributed by atoms with Gasteiger partial charge in [0, 0.05) is 77.3 Å². The third kappa shape index (κ3) is 13.6. The van der Waals surface area contributed by atoms with Crippen molar-refractivity contribution in [3.05, 3.63) is 83.4 Å². The van der Waals surface area contributed by atoms with Gasteiger partial charge in [-0.3, -0.25) is 18.9 Å². The van der Waals surface area contributed by atoms with Crippen LogP contribution in [0.4, 0.5) is 17.1 Å². The van der Waals surface area contributed by atoms with Crippen molar-refractivity contribution in [1.29, 1.82) is 0 Å². The highest BCUT2D eigenvalue weighted by Gasteiger charge is 2.30. The van der Waals surface area contributed by atoms with E-state index in [1.54, 1.807) is 17.9 Å². The van der Waals surface area contributed by atoms with Crippen LogP contribution >= 0.6 is 33.0 Å². The first-order chi connectivity index (χ1) is 22.6. The van der Waals surface area contributed by atoms with Crippen molar-refractivity contribution in [2.75, 3.05) is 15.1 Å². The molecule has 3 unspecified atom stereocenters. The van der Waals surface area contributed by atoms with Crippen LogP contribution in [-0.2, 0) is 52.0 Å². The average molecular weight is 777 g/mol. The first kappa shape index (κ1) is 42.0. The van der Waals surface area contributed by atoms with Gasteiger partial charge in [-0.05, 0) is 98.7 Å². The molecule has 3 aliphatic rings. The molecule has 11 nitrogen and oxygen atoms in total. The van der Waals surface area contributed by atoms with Gasteiger partial charge in [0.1, 0.15) is 0 Å². The second kappa shape index (κ2) is 18.2. The lowest BCUT2D eigenvalue weighted by atomic mass is 10.1. The van der Waals surface area contributed by atoms with Crippen LogP contribution < -0.4 is 15.1 Å². The van der Waals surface area contributed by atoms with E-state index in [1.165, 1.54) is 49.2 Å². The van der Waals surface area contributed by atoms with Gasteiger partial charge < -0.3 is 15.1 Å². The number of para-hydroxylation sites is 2. The molecule has 3 aromatic rings. The summed E-state index contributed by atoms with van der Waals surface area (Å²) in [5.41, 5.74) is 6.75. The van der Waals surface area contributed by atoms with Crippen molar-refractivity contribution >= 4 is 85.5 Å². The van der Waals surface area contributed by atoms with Gasteiger partial charge in [0.2, 0.25) is 17.1 Å². The zero-order valence-electron chi connectivity index (χ0n) is 27.9. The van der Waals surface area contributed by atoms with Crippen molar-refractivity contribution in [2.45, 2.75) is 83.8 Å². The van der Waals surface area contributed by atoms with Crippen LogP contribution in [0.25, 0.3) is 0 Å². The molecule has 0 saturated heterocycles. The summed E-state index contributed by atoms with van der Waals surface area (Å²) in [6, 6.07) is 22.2. The average Bonchev–Trinajstić information content (AvgIpc) is 3.61. The Morgan fingerprint density at radius 2 is 1.14 bits per heavy atom. The third-order valence-corrected chi connectivity index (χ3v) is 8.73. The Kier molecular flexibility index (Phi) is 15.6. The van der Waals surface area contributed by atoms with Gasteiger partial charge in [0.05, 0.1) is 4.90 Å². The van der Waals surface area contributed by atoms with Crippen LogP contribution in [0.2, 0.25) is 0 Å². The summed E-state index contributed by atoms with van der Waals surface area (Å²) < 4.78 is 47.6. The summed E-state index contributed by atoms with van der Waals surface area (Å²) in [6.45, 7) is 10.6. The summed E-state index contributed by atoms with van der Waals surface area (Å²) in [5, 5.41) is 3.04. The largest absolute Gasteiger partial charge is 0.382 e. The van der Waals surface area contributed by atoms with Gasteiger partial charge in [0.25, 0.3) is 9.05 Å². The molecule has 49 heavy (non-hydrogen) atoms. The molecule has 2 amide bonds. The molecular weight excluding hydrogens is 737 g/mol. The van der Waals surface area contributed by atoms with E-state index in [-0.39, 0.29) is 28.0 Å². The monoisotopic (exact) mass is 775 g/mol. The maximum absolute atomic E-state index is 11.5. The fourth-order valence-corrected chi connectivity index (χ4v) is 6.57. The molecule has 0 bridgehead atoms. The summed E-state index contributed by atoms with van der Waals surface area (Å²) in [5.74, 6) is 0.0928. The van der Waals surface area contributed by atoms with Crippen LogP contribution in [0.5, 0.6) is 0 Å². The molecule has 0 fully saturated rings. The maximum atomic E-state index is 11.5. The highest BCUT2D eigenvalue weighted by Crippen LogP contribution is 2.34. The molecular formula is C33H40Cl3N3O8S2. The molecule has 6 rings (SSSR count). The van der Waals surface area contributed by atoms with E-state index in [0.29, 0.717) is 18.5 Å². The number of nitrogens with zero attached hydrogens (tertiary/aromatic N) is 2. The molecule has 0 aliphatic carbocycles. The SMILES string of the molecule is CC(=O)Cl.CC(=O)N1c2ccc(S(=O)(=O)Cl)cc2CC1C.CC(=O)N1c2ccccc2CC1C.CC1Cc2ccccc2N1.O=S(=O)(O)Cl. The van der Waals surface area contributed by atoms with Gasteiger partial charge in [-0.15, -0.1) is 0 Å². The van der Waals surface area contributed by atoms with Gasteiger partial charge >= 0.3 is 9.33 Å². The first-order valence-corrected chi connectivity index (χ1v) is 20.0. The third-order valence-electron chi connectivity index (χ3n) is 7.38. The molecule has 0 radical (unpaired) electrons. The van der Waals surface area contributed by atoms with Crippen molar-refractivity contribution in [1.82, 2.24) is 0 Å². The minimum absolute atomic E-state index is 0.0438. The van der Waals surface area contributed by atoms with Gasteiger partial charge in [-0.2, -0.15) is 8.42 Å². The number of carbonyl (C=O) groups is 3. The standard InChI is InChI=1S/C11H12ClNO3S.C11H13NO.C9H11N.C2H3ClO.ClHO3S/c1-7-5-9-6-10(17(12,15)16)3-4-11(9)13(7)8(2)14;1-8-7-10-5-3-4-6-11(10)12(8)9(2)13;1-7-6-8-4-2-3-5-9(8)10-7;1-2(3)4;1-5(2,3)4/h3-4,6-7H,5H2,1-2H3;3-6,8H,7H2,1-2H3;2-5,7,10H,6H2,1H3;1H3;(H,2,3,4). The Labute approximate surface area is 302 Å². The highest BCUT2D eigenvalue weighted by atomic mass is 35.7. The predicted molar refractivity (Wildman–Crippen MR) is 196 cm³/mol. The molecule has 2 N–H and O–H groups in total. The number of hydrogen-bond donors (Lipinski definition) is 2. The zero-order chi connectivity index (χ0) is 37.3. The molecule has 3 aliphatic heterocycles. The number of fused-ring (bicyclic) bond motifs is 3. The summed E-state index contributed by atoms with van der Waals surface area (Å²) in [6.07, 6.45) is 2.81. The van der Waals surface area contributed by atoms with E-state index >= 15 is 0 Å². The lowest BCUT2D eigenvalue weighted by Gasteiger charge is -2.20. The van der Waals surface area contributed by atoms with Gasteiger partial charge in [-0.1, -0.05) is 36.4 Å². The summed E-state index contributed by atoms with van der Waals surface area (Å²) in [4.78, 5) is 35.7. The number of halogens is 3. The number of anilines is 3. The van der Waals surface area contributed by atoms with Crippen LogP contribution in [0.1, 0.15) is 58.2 Å². The molecule has 268 valence electrons. The van der Waals surface area contributed by atoms with Crippen molar-refractivity contribution < 1.29 is 35.8 Å². The fourth-order valence-electron chi connectivity index (χ4n) is 5.77. The quantitative estimate of drug-likeness (QED) is 0.202. The van der Waals surface area contributed by atoms with E-state index in [1.807, 2.05) is 30.0 Å². The number of carbonyl (C=O) groups excluding carboxylic acids is 3. The molecule has 0 saturated carbocycles. The Balaban J connectivity index is 0.000000232. The summed E-state index contributed by atoms with van der Waals surface area (Å²) >= 11 is 4.64. The number of hydrogen-bond acceptors (Lipinski definition) is 8. The smallest absolute Gasteiger partial charge is 0.353 e. The second-order valence-corrected chi connectivity index (χ2v) is 16.6. The minimum atomic E-state index is -4.19. The zero-order valence-corrected chi connectivity index (χ0v) is 31.8. The van der Waals surface area contributed by atoms with Crippen LogP contribution in [0.3, 0.4) is 0 Å². The lowest BCUT2D eigenvalue weighted by molar-refractivity contribution is -0.117. The van der Waals surface area contributed by atoms with E-state index in [0.717, 1.165) is 23.4 Å². The van der Waals surface area contributed by atoms with Crippen molar-refractivity contribution in [3.8, 4) is 0 Å². The number of amides is 2. The predicted octanol–water partition coefficient (Wildman–Crippen LogP) is 6.74. The van der Waals surface area contributed by atoms with E-state index in [2.05, 4.69) is 71.8 Å². The molecule has 3 atom stereocenters. The number of rotatable bonds is 1. The van der Waals surface area contributed by atoms with Crippen molar-refractivity contribution in [3.63, 3.8) is 0 Å². The first-order valence-electron chi connectivity index (χ1n) is 15.0. The normalized spacial score (nSPS) is 18.2. The molecule has 3 heterocycles. The number of benzene rings is 3. The van der Waals surface area contributed by atoms with Crippen LogP contribution in [-0.4, -0.2) is 56.6 Å². The van der Waals surface area contributed by atoms with E-state index < -0.39 is 18.4 Å². The second-order valence-electron chi connectivity index (χ2n) is 11.5. The Morgan fingerprint density at radius 3 is 1.61 bits per heavy atom. The topological polar surface area (TPSA) is 158 Å². The van der Waals surface area contributed by atoms with Crippen LogP contribution in [0, 0.1) is 0 Å². The van der Waals surface area contributed by atoms with E-state index in [9.17, 15) is 22.8 Å². The molecule has 0 spiro atoms. The molecule has 3 aromatic carbocycles. The van der Waals surface area contributed by atoms with Crippen molar-refractivity contribution in [2.24, 2.45) is 0 Å². The highest BCUT2D eigenvalue weighted by molar-refractivity contribution is 8.13. The van der Waals surface area contributed by atoms with Crippen LogP contribution in [0.15, 0.2) is 71.6 Å². The maximum Gasteiger partial charge on any atom is 0.353 e. The minimum Gasteiger partial charge on any atom is -0.382 e. The summed E-state index contributed by atoms with van der Waals surface area (Å²) in [7, 11) is 1.44.